The number of hydrogen-bond donors (Lipinski definition) is 1. The van der Waals surface area contributed by atoms with Crippen molar-refractivity contribution >= 4 is 28.5 Å². The zero-order chi connectivity index (χ0) is 23.3. The van der Waals surface area contributed by atoms with Crippen LogP contribution in [0.2, 0.25) is 5.02 Å². The van der Waals surface area contributed by atoms with Gasteiger partial charge in [-0.05, 0) is 42.3 Å². The summed E-state index contributed by atoms with van der Waals surface area (Å²) in [4.78, 5) is 22.7. The van der Waals surface area contributed by atoms with Gasteiger partial charge < -0.3 is 5.32 Å². The Morgan fingerprint density at radius 3 is 2.00 bits per heavy atom. The molecule has 0 aliphatic heterocycles. The van der Waals surface area contributed by atoms with E-state index in [0.717, 1.165) is 33.6 Å². The van der Waals surface area contributed by atoms with Gasteiger partial charge in [-0.2, -0.15) is 0 Å². The number of carbonyl (C=O) groups is 1. The predicted octanol–water partition coefficient (Wildman–Crippen LogP) is 6.59. The van der Waals surface area contributed by atoms with Crippen LogP contribution in [-0.2, 0) is 6.42 Å². The van der Waals surface area contributed by atoms with Gasteiger partial charge in [-0.1, -0.05) is 84.4 Å². The molecule has 1 aromatic heterocycles. The Kier molecular flexibility index (Phi) is 6.32. The quantitative estimate of drug-likeness (QED) is 0.309. The van der Waals surface area contributed by atoms with E-state index in [9.17, 15) is 4.79 Å². The molecule has 0 saturated heterocycles. The topological polar surface area (TPSA) is 54.9 Å². The average Bonchev–Trinajstić information content (AvgIpc) is 2.88. The Bertz CT molecular complexity index is 1450. The number of amides is 1. The van der Waals surface area contributed by atoms with Gasteiger partial charge in [0.15, 0.2) is 0 Å². The number of hydrogen-bond acceptors (Lipinski definition) is 3. The minimum atomic E-state index is -0.140. The standard InChI is InChI=1S/C29H22ClN3O/c30-24-13-7-8-20(18-24)16-17-31-29(34)23-14-15-25-26(19-23)33-28(22-11-5-2-6-12-22)27(32-25)21-9-3-1-4-10-21/h1-15,18-19H,16-17H2,(H,31,34). The molecule has 0 aliphatic carbocycles. The first-order valence-corrected chi connectivity index (χ1v) is 11.5. The number of aromatic nitrogens is 2. The van der Waals surface area contributed by atoms with Crippen molar-refractivity contribution in [2.45, 2.75) is 6.42 Å². The van der Waals surface area contributed by atoms with Crippen molar-refractivity contribution in [2.75, 3.05) is 6.54 Å². The number of nitrogens with zero attached hydrogens (tertiary/aromatic N) is 2. The third kappa shape index (κ3) is 4.82. The van der Waals surface area contributed by atoms with Gasteiger partial charge in [-0.25, -0.2) is 9.97 Å². The molecule has 34 heavy (non-hydrogen) atoms. The maximum atomic E-state index is 12.8. The normalized spacial score (nSPS) is 10.9. The molecule has 5 aromatic rings. The van der Waals surface area contributed by atoms with Gasteiger partial charge in [0.25, 0.3) is 5.91 Å². The fraction of sp³-hybridized carbons (Fsp3) is 0.0690. The summed E-state index contributed by atoms with van der Waals surface area (Å²) in [5.41, 5.74) is 6.65. The van der Waals surface area contributed by atoms with E-state index in [1.807, 2.05) is 91.0 Å². The summed E-state index contributed by atoms with van der Waals surface area (Å²) in [7, 11) is 0. The molecule has 0 unspecified atom stereocenters. The molecular formula is C29H22ClN3O. The van der Waals surface area contributed by atoms with Gasteiger partial charge in [0.1, 0.15) is 0 Å². The smallest absolute Gasteiger partial charge is 0.251 e. The number of benzene rings is 4. The molecule has 1 heterocycles. The van der Waals surface area contributed by atoms with Crippen LogP contribution in [0.3, 0.4) is 0 Å². The molecule has 0 atom stereocenters. The van der Waals surface area contributed by atoms with E-state index in [1.165, 1.54) is 0 Å². The van der Waals surface area contributed by atoms with Crippen LogP contribution in [0.15, 0.2) is 103 Å². The summed E-state index contributed by atoms with van der Waals surface area (Å²) in [5.74, 6) is -0.140. The van der Waals surface area contributed by atoms with Crippen molar-refractivity contribution in [3.63, 3.8) is 0 Å². The Morgan fingerprint density at radius 1 is 0.706 bits per heavy atom. The molecule has 0 saturated carbocycles. The highest BCUT2D eigenvalue weighted by atomic mass is 35.5. The van der Waals surface area contributed by atoms with Crippen molar-refractivity contribution in [1.82, 2.24) is 15.3 Å². The monoisotopic (exact) mass is 463 g/mol. The first-order chi connectivity index (χ1) is 16.7. The molecule has 0 bridgehead atoms. The largest absolute Gasteiger partial charge is 0.352 e. The lowest BCUT2D eigenvalue weighted by atomic mass is 10.0. The maximum Gasteiger partial charge on any atom is 0.251 e. The van der Waals surface area contributed by atoms with Crippen molar-refractivity contribution in [1.29, 1.82) is 0 Å². The fourth-order valence-corrected chi connectivity index (χ4v) is 4.12. The maximum absolute atomic E-state index is 12.8. The van der Waals surface area contributed by atoms with Crippen LogP contribution in [0.25, 0.3) is 33.5 Å². The van der Waals surface area contributed by atoms with Gasteiger partial charge in [-0.3, -0.25) is 4.79 Å². The summed E-state index contributed by atoms with van der Waals surface area (Å²) >= 11 is 6.04. The lowest BCUT2D eigenvalue weighted by Crippen LogP contribution is -2.25. The highest BCUT2D eigenvalue weighted by Crippen LogP contribution is 2.31. The van der Waals surface area contributed by atoms with Crippen LogP contribution in [0.4, 0.5) is 0 Å². The number of nitrogens with one attached hydrogen (secondary N) is 1. The summed E-state index contributed by atoms with van der Waals surface area (Å²) in [6.45, 7) is 0.519. The molecule has 1 amide bonds. The highest BCUT2D eigenvalue weighted by molar-refractivity contribution is 6.30. The van der Waals surface area contributed by atoms with Gasteiger partial charge in [0, 0.05) is 28.3 Å². The van der Waals surface area contributed by atoms with Crippen molar-refractivity contribution < 1.29 is 4.79 Å². The highest BCUT2D eigenvalue weighted by Gasteiger charge is 2.14. The van der Waals surface area contributed by atoms with Crippen LogP contribution in [-0.4, -0.2) is 22.4 Å². The second-order valence-corrected chi connectivity index (χ2v) is 8.43. The van der Waals surface area contributed by atoms with Crippen LogP contribution < -0.4 is 5.32 Å². The van der Waals surface area contributed by atoms with E-state index in [-0.39, 0.29) is 5.91 Å². The van der Waals surface area contributed by atoms with Gasteiger partial charge in [-0.15, -0.1) is 0 Å². The second-order valence-electron chi connectivity index (χ2n) is 7.99. The summed E-state index contributed by atoms with van der Waals surface area (Å²) < 4.78 is 0. The van der Waals surface area contributed by atoms with Crippen molar-refractivity contribution in [3.05, 3.63) is 119 Å². The third-order valence-corrected chi connectivity index (χ3v) is 5.84. The Labute approximate surface area is 203 Å². The van der Waals surface area contributed by atoms with E-state index < -0.39 is 0 Å². The number of fused-ring (bicyclic) bond motifs is 1. The second kappa shape index (κ2) is 9.86. The first kappa shape index (κ1) is 21.8. The molecule has 166 valence electrons. The SMILES string of the molecule is O=C(NCCc1cccc(Cl)c1)c1ccc2nc(-c3ccccc3)c(-c3ccccc3)nc2c1. The van der Waals surface area contributed by atoms with E-state index in [4.69, 9.17) is 21.6 Å². The molecule has 4 nitrogen and oxygen atoms in total. The number of rotatable bonds is 6. The summed E-state index contributed by atoms with van der Waals surface area (Å²) in [5, 5.41) is 3.68. The summed E-state index contributed by atoms with van der Waals surface area (Å²) in [6.07, 6.45) is 0.707. The Morgan fingerprint density at radius 2 is 1.35 bits per heavy atom. The third-order valence-electron chi connectivity index (χ3n) is 5.61. The average molecular weight is 464 g/mol. The van der Waals surface area contributed by atoms with Crippen LogP contribution in [0, 0.1) is 0 Å². The van der Waals surface area contributed by atoms with E-state index >= 15 is 0 Å². The lowest BCUT2D eigenvalue weighted by Gasteiger charge is -2.11. The molecule has 5 rings (SSSR count). The van der Waals surface area contributed by atoms with E-state index in [1.54, 1.807) is 12.1 Å². The molecular weight excluding hydrogens is 442 g/mol. The molecule has 1 N–H and O–H groups in total. The molecule has 5 heteroatoms. The number of halogens is 1. The molecule has 0 radical (unpaired) electrons. The molecule has 0 fully saturated rings. The van der Waals surface area contributed by atoms with Gasteiger partial charge in [0.05, 0.1) is 22.4 Å². The fourth-order valence-electron chi connectivity index (χ4n) is 3.91. The minimum absolute atomic E-state index is 0.140. The molecule has 0 aliphatic rings. The summed E-state index contributed by atoms with van der Waals surface area (Å²) in [6, 6.07) is 33.1. The van der Waals surface area contributed by atoms with Crippen LogP contribution in [0.1, 0.15) is 15.9 Å². The van der Waals surface area contributed by atoms with E-state index in [0.29, 0.717) is 29.1 Å². The molecule has 4 aromatic carbocycles. The lowest BCUT2D eigenvalue weighted by molar-refractivity contribution is 0.0954. The molecule has 0 spiro atoms. The first-order valence-electron chi connectivity index (χ1n) is 11.1. The van der Waals surface area contributed by atoms with Crippen LogP contribution in [0.5, 0.6) is 0 Å². The predicted molar refractivity (Wildman–Crippen MR) is 138 cm³/mol. The van der Waals surface area contributed by atoms with E-state index in [2.05, 4.69) is 5.32 Å². The van der Waals surface area contributed by atoms with Gasteiger partial charge >= 0.3 is 0 Å². The minimum Gasteiger partial charge on any atom is -0.352 e. The Balaban J connectivity index is 1.45. The Hall–Kier alpha value is -4.02. The van der Waals surface area contributed by atoms with Crippen LogP contribution >= 0.6 is 11.6 Å². The zero-order valence-corrected chi connectivity index (χ0v) is 19.2. The zero-order valence-electron chi connectivity index (χ0n) is 18.4. The number of carbonyl (C=O) groups excluding carboxylic acids is 1. The van der Waals surface area contributed by atoms with Crippen molar-refractivity contribution in [2.24, 2.45) is 0 Å². The van der Waals surface area contributed by atoms with Gasteiger partial charge in [0.2, 0.25) is 0 Å². The van der Waals surface area contributed by atoms with Crippen molar-refractivity contribution in [3.8, 4) is 22.5 Å².